The minimum absolute atomic E-state index is 0.333. The first-order chi connectivity index (χ1) is 18.3. The fourth-order valence-corrected chi connectivity index (χ4v) is 10.2. The van der Waals surface area contributed by atoms with E-state index in [1.54, 1.807) is 0 Å². The molecule has 0 saturated heterocycles. The van der Waals surface area contributed by atoms with Crippen LogP contribution in [0.3, 0.4) is 0 Å². The van der Waals surface area contributed by atoms with Crippen LogP contribution in [0.15, 0.2) is 146 Å². The highest BCUT2D eigenvalue weighted by molar-refractivity contribution is 7.90. The van der Waals surface area contributed by atoms with Crippen molar-refractivity contribution < 1.29 is 9.53 Å². The molecule has 0 spiro atoms. The van der Waals surface area contributed by atoms with Crippen LogP contribution in [0.1, 0.15) is 10.4 Å². The molecule has 0 aromatic heterocycles. The molecule has 37 heavy (non-hydrogen) atoms. The Balaban J connectivity index is 1.77. The third-order valence-corrected chi connectivity index (χ3v) is 11.3. The van der Waals surface area contributed by atoms with Gasteiger partial charge in [0.15, 0.2) is 0 Å². The third kappa shape index (κ3) is 5.65. The van der Waals surface area contributed by atoms with Gasteiger partial charge in [-0.2, -0.15) is 0 Å². The summed E-state index contributed by atoms with van der Waals surface area (Å²) in [5.74, 6) is -0.333. The normalized spacial score (nSPS) is 10.9. The molecule has 5 aromatic carbocycles. The summed E-state index contributed by atoms with van der Waals surface area (Å²) >= 11 is 0. The summed E-state index contributed by atoms with van der Waals surface area (Å²) in [4.78, 5) is 12.2. The molecule has 0 radical (unpaired) electrons. The topological polar surface area (TPSA) is 29.5 Å². The third-order valence-electron chi connectivity index (χ3n) is 5.90. The van der Waals surface area contributed by atoms with Gasteiger partial charge in [0.05, 0.1) is 28.8 Å². The smallest absolute Gasteiger partial charge is 0.337 e. The van der Waals surface area contributed by atoms with Crippen LogP contribution >= 0.6 is 16.1 Å². The molecule has 5 aromatic rings. The summed E-state index contributed by atoms with van der Waals surface area (Å²) in [5, 5.41) is 5.06. The van der Waals surface area contributed by atoms with Crippen LogP contribution in [0.4, 0.5) is 5.69 Å². The number of benzene rings is 5. The molecule has 0 saturated carbocycles. The summed E-state index contributed by atoms with van der Waals surface area (Å²) in [6.45, 7) is 0. The van der Waals surface area contributed by atoms with Gasteiger partial charge in [-0.15, -0.1) is 0 Å². The minimum atomic E-state index is -0.960. The SMILES string of the molecule is COC(=O)c1ccc(N(P(c2ccccc2)c2ccccc2)P(c2ccccc2)c2ccccc2)cc1. The van der Waals surface area contributed by atoms with Crippen LogP contribution in [0.2, 0.25) is 0 Å². The molecule has 0 aliphatic carbocycles. The fraction of sp³-hybridized carbons (Fsp3) is 0.0312. The van der Waals surface area contributed by atoms with Crippen molar-refractivity contribution in [2.75, 3.05) is 11.6 Å². The predicted molar refractivity (Wildman–Crippen MR) is 158 cm³/mol. The molecule has 0 atom stereocenters. The van der Waals surface area contributed by atoms with Gasteiger partial charge in [0.1, 0.15) is 0 Å². The van der Waals surface area contributed by atoms with Crippen molar-refractivity contribution in [2.45, 2.75) is 0 Å². The Labute approximate surface area is 221 Å². The minimum Gasteiger partial charge on any atom is -0.465 e. The summed E-state index contributed by atoms with van der Waals surface area (Å²) in [6, 6.07) is 50.7. The van der Waals surface area contributed by atoms with Crippen LogP contribution in [-0.4, -0.2) is 13.1 Å². The van der Waals surface area contributed by atoms with Crippen LogP contribution in [0.25, 0.3) is 0 Å². The molecule has 0 bridgehead atoms. The maximum absolute atomic E-state index is 12.2. The Hall–Kier alpha value is -3.77. The number of nitrogens with zero attached hydrogens (tertiary/aromatic N) is 1. The van der Waals surface area contributed by atoms with Crippen LogP contribution in [-0.2, 0) is 4.74 Å². The largest absolute Gasteiger partial charge is 0.465 e. The molecule has 3 nitrogen and oxygen atoms in total. The van der Waals surface area contributed by atoms with Gasteiger partial charge in [-0.25, -0.2) is 4.79 Å². The summed E-state index contributed by atoms with van der Waals surface area (Å²) < 4.78 is 7.55. The van der Waals surface area contributed by atoms with Crippen molar-refractivity contribution in [3.8, 4) is 0 Å². The van der Waals surface area contributed by atoms with Crippen molar-refractivity contribution in [3.63, 3.8) is 0 Å². The summed E-state index contributed by atoms with van der Waals surface area (Å²) in [7, 11) is -0.506. The van der Waals surface area contributed by atoms with Crippen LogP contribution < -0.4 is 25.7 Å². The molecular weight excluding hydrogens is 492 g/mol. The van der Waals surface area contributed by atoms with E-state index < -0.39 is 16.1 Å². The number of anilines is 1. The van der Waals surface area contributed by atoms with E-state index in [0.717, 1.165) is 5.69 Å². The molecule has 0 unspecified atom stereocenters. The monoisotopic (exact) mass is 519 g/mol. The second-order valence-corrected chi connectivity index (χ2v) is 12.7. The Bertz CT molecular complexity index is 1250. The number of carbonyl (C=O) groups is 1. The van der Waals surface area contributed by atoms with E-state index >= 15 is 0 Å². The maximum Gasteiger partial charge on any atom is 0.337 e. The van der Waals surface area contributed by atoms with Gasteiger partial charge in [0.25, 0.3) is 0 Å². The van der Waals surface area contributed by atoms with E-state index in [0.29, 0.717) is 5.56 Å². The van der Waals surface area contributed by atoms with Gasteiger partial charge >= 0.3 is 5.97 Å². The number of rotatable bonds is 8. The van der Waals surface area contributed by atoms with Crippen molar-refractivity contribution in [2.24, 2.45) is 0 Å². The number of esters is 1. The molecule has 0 fully saturated rings. The number of methoxy groups -OCH3 is 1. The molecule has 182 valence electrons. The van der Waals surface area contributed by atoms with E-state index in [1.807, 2.05) is 12.1 Å². The highest BCUT2D eigenvalue weighted by Crippen LogP contribution is 2.56. The number of carbonyl (C=O) groups excluding carboxylic acids is 1. The van der Waals surface area contributed by atoms with Gasteiger partial charge in [0, 0.05) is 26.9 Å². The fourth-order valence-electron chi connectivity index (χ4n) is 4.18. The molecule has 0 amide bonds. The molecule has 0 heterocycles. The van der Waals surface area contributed by atoms with Gasteiger partial charge in [0.2, 0.25) is 0 Å². The lowest BCUT2D eigenvalue weighted by Gasteiger charge is -2.40. The molecule has 0 aliphatic heterocycles. The van der Waals surface area contributed by atoms with Crippen molar-refractivity contribution in [3.05, 3.63) is 151 Å². The average molecular weight is 520 g/mol. The number of hydrogen-bond acceptors (Lipinski definition) is 3. The Morgan fingerprint density at radius 2 is 0.838 bits per heavy atom. The van der Waals surface area contributed by atoms with Crippen LogP contribution in [0.5, 0.6) is 0 Å². The quantitative estimate of drug-likeness (QED) is 0.176. The lowest BCUT2D eigenvalue weighted by atomic mass is 10.2. The van der Waals surface area contributed by atoms with E-state index in [9.17, 15) is 4.79 Å². The number of hydrogen-bond donors (Lipinski definition) is 0. The molecular formula is C32H27NO2P2. The first-order valence-corrected chi connectivity index (χ1v) is 14.6. The van der Waals surface area contributed by atoms with Crippen molar-refractivity contribution in [1.29, 1.82) is 0 Å². The molecule has 0 N–H and O–H groups in total. The summed E-state index contributed by atoms with van der Waals surface area (Å²) in [6.07, 6.45) is 0. The first kappa shape index (κ1) is 24.9. The lowest BCUT2D eigenvalue weighted by Crippen LogP contribution is -2.31. The Morgan fingerprint density at radius 1 is 0.514 bits per heavy atom. The zero-order valence-corrected chi connectivity index (χ0v) is 22.3. The highest BCUT2D eigenvalue weighted by Gasteiger charge is 2.32. The van der Waals surface area contributed by atoms with Crippen molar-refractivity contribution >= 4 is 49.0 Å². The second kappa shape index (κ2) is 12.0. The highest BCUT2D eigenvalue weighted by atomic mass is 31.2. The van der Waals surface area contributed by atoms with E-state index in [1.165, 1.54) is 28.3 Å². The summed E-state index contributed by atoms with van der Waals surface area (Å²) in [5.41, 5.74) is 1.60. The number of ether oxygens (including phenoxy) is 1. The zero-order valence-electron chi connectivity index (χ0n) is 20.5. The van der Waals surface area contributed by atoms with Crippen LogP contribution in [0, 0.1) is 0 Å². The van der Waals surface area contributed by atoms with E-state index in [2.05, 4.69) is 138 Å². The Morgan fingerprint density at radius 3 is 1.14 bits per heavy atom. The first-order valence-electron chi connectivity index (χ1n) is 12.0. The van der Waals surface area contributed by atoms with Crippen molar-refractivity contribution in [1.82, 2.24) is 0 Å². The molecule has 0 aliphatic rings. The molecule has 5 rings (SSSR count). The van der Waals surface area contributed by atoms with Gasteiger partial charge in [-0.05, 0) is 24.3 Å². The standard InChI is InChI=1S/C32H27NO2P2/c1-35-32(34)26-22-24-27(25-23-26)33(36(28-14-6-2-7-15-28)29-16-8-3-9-17-29)37(30-18-10-4-11-19-30)31-20-12-5-13-21-31/h2-25H,1H3. The van der Waals surface area contributed by atoms with Gasteiger partial charge < -0.3 is 9.18 Å². The van der Waals surface area contributed by atoms with Gasteiger partial charge in [-0.3, -0.25) is 0 Å². The van der Waals surface area contributed by atoms with E-state index in [4.69, 9.17) is 4.74 Å². The van der Waals surface area contributed by atoms with Gasteiger partial charge in [-0.1, -0.05) is 121 Å². The maximum atomic E-state index is 12.2. The Kier molecular flexibility index (Phi) is 8.06. The average Bonchev–Trinajstić information content (AvgIpc) is 2.99. The second-order valence-electron chi connectivity index (χ2n) is 8.29. The zero-order chi connectivity index (χ0) is 25.5. The lowest BCUT2D eigenvalue weighted by molar-refractivity contribution is 0.0601. The van der Waals surface area contributed by atoms with E-state index in [-0.39, 0.29) is 5.97 Å². The molecule has 5 heteroatoms. The predicted octanol–water partition coefficient (Wildman–Crippen LogP) is 6.38.